The Morgan fingerprint density at radius 1 is 1.38 bits per heavy atom. The number of methoxy groups -OCH3 is 1. The quantitative estimate of drug-likeness (QED) is 0.870. The van der Waals surface area contributed by atoms with Crippen molar-refractivity contribution in [2.24, 2.45) is 0 Å². The van der Waals surface area contributed by atoms with E-state index in [0.717, 1.165) is 4.88 Å². The molecule has 0 aromatic carbocycles. The van der Waals surface area contributed by atoms with Crippen LogP contribution in [-0.2, 0) is 4.74 Å². The summed E-state index contributed by atoms with van der Waals surface area (Å²) >= 11 is 2.91. The van der Waals surface area contributed by atoms with Gasteiger partial charge in [0.05, 0.1) is 23.7 Å². The molecule has 0 saturated carbocycles. The normalized spacial score (nSPS) is 11.8. The molecule has 1 atom stereocenters. The summed E-state index contributed by atoms with van der Waals surface area (Å²) in [5, 5.41) is 7.05. The number of urea groups is 1. The number of nitrogens with one attached hydrogen (secondary N) is 1. The molecule has 0 radical (unpaired) electrons. The van der Waals surface area contributed by atoms with E-state index in [1.54, 1.807) is 34.7 Å². The molecule has 0 aliphatic heterocycles. The van der Waals surface area contributed by atoms with Gasteiger partial charge in [0.25, 0.3) is 0 Å². The van der Waals surface area contributed by atoms with E-state index >= 15 is 0 Å². The van der Waals surface area contributed by atoms with Crippen LogP contribution in [0.15, 0.2) is 29.0 Å². The third-order valence-electron chi connectivity index (χ3n) is 3.11. The van der Waals surface area contributed by atoms with E-state index in [0.29, 0.717) is 10.6 Å². The zero-order chi connectivity index (χ0) is 15.4. The van der Waals surface area contributed by atoms with Gasteiger partial charge in [0.15, 0.2) is 0 Å². The molecule has 0 bridgehead atoms. The maximum Gasteiger partial charge on any atom is 0.338 e. The Kier molecular flexibility index (Phi) is 4.98. The Hall–Kier alpha value is -1.86. The number of anilines is 1. The van der Waals surface area contributed by atoms with Gasteiger partial charge in [-0.05, 0) is 24.4 Å². The predicted molar refractivity (Wildman–Crippen MR) is 85.2 cm³/mol. The van der Waals surface area contributed by atoms with Gasteiger partial charge in [-0.1, -0.05) is 6.07 Å². The van der Waals surface area contributed by atoms with E-state index in [2.05, 4.69) is 10.1 Å². The Bertz CT molecular complexity index is 622. The highest BCUT2D eigenvalue weighted by Crippen LogP contribution is 2.25. The van der Waals surface area contributed by atoms with Gasteiger partial charge in [-0.15, -0.1) is 22.7 Å². The van der Waals surface area contributed by atoms with Crippen molar-refractivity contribution >= 4 is 39.7 Å². The largest absolute Gasteiger partial charge is 0.465 e. The van der Waals surface area contributed by atoms with Gasteiger partial charge < -0.3 is 9.64 Å². The van der Waals surface area contributed by atoms with E-state index in [1.807, 2.05) is 24.4 Å². The second kappa shape index (κ2) is 6.73. The molecule has 0 saturated heterocycles. The van der Waals surface area contributed by atoms with E-state index in [1.165, 1.54) is 18.4 Å². The Labute approximate surface area is 131 Å². The predicted octanol–water partition coefficient (Wildman–Crippen LogP) is 3.82. The summed E-state index contributed by atoms with van der Waals surface area (Å²) in [7, 11) is 3.07. The van der Waals surface area contributed by atoms with Crippen LogP contribution in [0.2, 0.25) is 0 Å². The molecule has 2 rings (SSSR count). The minimum Gasteiger partial charge on any atom is -0.465 e. The van der Waals surface area contributed by atoms with Gasteiger partial charge in [-0.2, -0.15) is 0 Å². The lowest BCUT2D eigenvalue weighted by Crippen LogP contribution is -2.33. The van der Waals surface area contributed by atoms with E-state index < -0.39 is 5.97 Å². The van der Waals surface area contributed by atoms with Gasteiger partial charge in [-0.3, -0.25) is 5.32 Å². The smallest absolute Gasteiger partial charge is 0.338 e. The van der Waals surface area contributed by atoms with Crippen LogP contribution in [0, 0.1) is 0 Å². The van der Waals surface area contributed by atoms with Crippen molar-refractivity contribution in [3.05, 3.63) is 39.4 Å². The summed E-state index contributed by atoms with van der Waals surface area (Å²) in [5.41, 5.74) is 0.437. The molecule has 2 aromatic rings. The molecule has 5 nitrogen and oxygen atoms in total. The molecule has 1 N–H and O–H groups in total. The molecule has 21 heavy (non-hydrogen) atoms. The Morgan fingerprint density at radius 3 is 2.76 bits per heavy atom. The summed E-state index contributed by atoms with van der Waals surface area (Å²) in [6.07, 6.45) is 0. The lowest BCUT2D eigenvalue weighted by Gasteiger charge is -2.24. The van der Waals surface area contributed by atoms with Gasteiger partial charge >= 0.3 is 12.0 Å². The van der Waals surface area contributed by atoms with Crippen LogP contribution in [0.5, 0.6) is 0 Å². The molecule has 0 aliphatic rings. The van der Waals surface area contributed by atoms with E-state index in [9.17, 15) is 9.59 Å². The molecule has 0 aliphatic carbocycles. The minimum absolute atomic E-state index is 0.00922. The summed E-state index contributed by atoms with van der Waals surface area (Å²) in [6.45, 7) is 1.97. The van der Waals surface area contributed by atoms with Crippen molar-refractivity contribution in [3.8, 4) is 0 Å². The fourth-order valence-corrected chi connectivity index (χ4v) is 3.30. The molecule has 0 fully saturated rings. The SMILES string of the molecule is COC(=O)c1csc(NC(=O)N(C)[C@@H](C)c2cccs2)c1. The average molecular weight is 324 g/mol. The summed E-state index contributed by atoms with van der Waals surface area (Å²) in [4.78, 5) is 26.3. The van der Waals surface area contributed by atoms with Crippen molar-refractivity contribution in [3.63, 3.8) is 0 Å². The molecule has 112 valence electrons. The van der Waals surface area contributed by atoms with Crippen LogP contribution in [0.1, 0.15) is 28.2 Å². The first-order valence-corrected chi connectivity index (χ1v) is 8.03. The molecule has 0 unspecified atom stereocenters. The maximum absolute atomic E-state index is 12.2. The van der Waals surface area contributed by atoms with Crippen LogP contribution in [0.3, 0.4) is 0 Å². The molecule has 2 heterocycles. The molecule has 0 spiro atoms. The molecular formula is C14H16N2O3S2. The number of thiophene rings is 2. The Morgan fingerprint density at radius 2 is 2.14 bits per heavy atom. The number of carbonyl (C=O) groups excluding carboxylic acids is 2. The van der Waals surface area contributed by atoms with Crippen LogP contribution in [0.4, 0.5) is 9.80 Å². The van der Waals surface area contributed by atoms with Gasteiger partial charge in [0, 0.05) is 17.3 Å². The summed E-state index contributed by atoms with van der Waals surface area (Å²) in [5.74, 6) is -0.410. The van der Waals surface area contributed by atoms with Gasteiger partial charge in [-0.25, -0.2) is 9.59 Å². The lowest BCUT2D eigenvalue weighted by atomic mass is 10.2. The molecular weight excluding hydrogens is 308 g/mol. The number of amides is 2. The first-order valence-electron chi connectivity index (χ1n) is 6.27. The highest BCUT2D eigenvalue weighted by Gasteiger charge is 2.19. The van der Waals surface area contributed by atoms with Gasteiger partial charge in [0.1, 0.15) is 0 Å². The molecule has 7 heteroatoms. The minimum atomic E-state index is -0.410. The highest BCUT2D eigenvalue weighted by atomic mass is 32.1. The first-order chi connectivity index (χ1) is 10.0. The number of nitrogens with zero attached hydrogens (tertiary/aromatic N) is 1. The fourth-order valence-electron chi connectivity index (χ4n) is 1.72. The van der Waals surface area contributed by atoms with E-state index in [4.69, 9.17) is 0 Å². The number of hydrogen-bond acceptors (Lipinski definition) is 5. The average Bonchev–Trinajstić information content (AvgIpc) is 3.16. The second-order valence-electron chi connectivity index (χ2n) is 4.42. The monoisotopic (exact) mass is 324 g/mol. The van der Waals surface area contributed by atoms with E-state index in [-0.39, 0.29) is 12.1 Å². The number of ether oxygens (including phenoxy) is 1. The maximum atomic E-state index is 12.2. The van der Waals surface area contributed by atoms with Crippen molar-refractivity contribution in [2.75, 3.05) is 19.5 Å². The third kappa shape index (κ3) is 3.62. The second-order valence-corrected chi connectivity index (χ2v) is 6.31. The first kappa shape index (κ1) is 15.5. The van der Waals surface area contributed by atoms with Crippen LogP contribution < -0.4 is 5.32 Å². The van der Waals surface area contributed by atoms with Crippen molar-refractivity contribution in [2.45, 2.75) is 13.0 Å². The summed E-state index contributed by atoms with van der Waals surface area (Å²) < 4.78 is 4.64. The number of carbonyl (C=O) groups is 2. The van der Waals surface area contributed by atoms with Crippen molar-refractivity contribution in [1.82, 2.24) is 4.90 Å². The zero-order valence-electron chi connectivity index (χ0n) is 12.0. The van der Waals surface area contributed by atoms with Crippen molar-refractivity contribution in [1.29, 1.82) is 0 Å². The van der Waals surface area contributed by atoms with Gasteiger partial charge in [0.2, 0.25) is 0 Å². The molecule has 2 aromatic heterocycles. The van der Waals surface area contributed by atoms with Crippen molar-refractivity contribution < 1.29 is 14.3 Å². The molecule has 2 amide bonds. The third-order valence-corrected chi connectivity index (χ3v) is 5.00. The highest BCUT2D eigenvalue weighted by molar-refractivity contribution is 7.14. The standard InChI is InChI=1S/C14H16N2O3S2/c1-9(11-5-4-6-20-11)16(2)14(18)15-12-7-10(8-21-12)13(17)19-3/h4-9H,1-3H3,(H,15,18)/t9-/m0/s1. The lowest BCUT2D eigenvalue weighted by molar-refractivity contribution is 0.0601. The number of esters is 1. The van der Waals surface area contributed by atoms with Crippen LogP contribution in [0.25, 0.3) is 0 Å². The van der Waals surface area contributed by atoms with Crippen LogP contribution >= 0.6 is 22.7 Å². The zero-order valence-corrected chi connectivity index (χ0v) is 13.6. The Balaban J connectivity index is 2.00. The summed E-state index contributed by atoms with van der Waals surface area (Å²) in [6, 6.07) is 5.35. The number of hydrogen-bond donors (Lipinski definition) is 1. The number of rotatable bonds is 4. The topological polar surface area (TPSA) is 58.6 Å². The van der Waals surface area contributed by atoms with Crippen LogP contribution in [-0.4, -0.2) is 31.1 Å². The fraction of sp³-hybridized carbons (Fsp3) is 0.286.